The fourth-order valence-electron chi connectivity index (χ4n) is 1.79. The lowest BCUT2D eigenvalue weighted by Gasteiger charge is -1.98. The molecule has 1 heterocycles. The molecule has 0 saturated carbocycles. The van der Waals surface area contributed by atoms with Crippen LogP contribution in [-0.2, 0) is 0 Å². The van der Waals surface area contributed by atoms with Crippen LogP contribution < -0.4 is 25.9 Å². The summed E-state index contributed by atoms with van der Waals surface area (Å²) in [6.07, 6.45) is 0. The van der Waals surface area contributed by atoms with Crippen LogP contribution in [0.25, 0.3) is 11.1 Å². The van der Waals surface area contributed by atoms with Crippen LogP contribution in [0.1, 0.15) is 0 Å². The van der Waals surface area contributed by atoms with Crippen molar-refractivity contribution >= 4 is 0 Å². The summed E-state index contributed by atoms with van der Waals surface area (Å²) in [6.45, 7) is 0. The summed E-state index contributed by atoms with van der Waals surface area (Å²) in [4.78, 5) is 0. The molecule has 0 radical (unpaired) electrons. The third-order valence-corrected chi connectivity index (χ3v) is 5.54. The first-order chi connectivity index (χ1) is 7.38. The van der Waals surface area contributed by atoms with Gasteiger partial charge in [-0.25, -0.2) is 0 Å². The zero-order valence-electron chi connectivity index (χ0n) is 8.33. The van der Waals surface area contributed by atoms with Crippen LogP contribution >= 0.6 is 0 Å². The molecule has 0 atom stereocenters. The fraction of sp³-hybridized carbons (Fsp3) is 0.0769. The molecule has 74 valence electrons. The van der Waals surface area contributed by atoms with Crippen LogP contribution in [0.5, 0.6) is 5.75 Å². The Labute approximate surface area is 99.3 Å². The monoisotopic (exact) mass is 309 g/mol. The molecular formula is C13H10IO+. The van der Waals surface area contributed by atoms with Crippen molar-refractivity contribution in [1.29, 1.82) is 0 Å². The summed E-state index contributed by atoms with van der Waals surface area (Å²) < 4.78 is 8.26. The second-order valence-corrected chi connectivity index (χ2v) is 6.28. The van der Waals surface area contributed by atoms with E-state index in [0.29, 0.717) is 0 Å². The molecule has 3 rings (SSSR count). The van der Waals surface area contributed by atoms with Gasteiger partial charge >= 0.3 is 21.2 Å². The Morgan fingerprint density at radius 1 is 0.933 bits per heavy atom. The second kappa shape index (κ2) is 3.52. The van der Waals surface area contributed by atoms with E-state index in [4.69, 9.17) is 4.74 Å². The molecule has 1 nitrogen and oxygen atoms in total. The van der Waals surface area contributed by atoms with Crippen LogP contribution in [0.2, 0.25) is 0 Å². The Bertz CT molecular complexity index is 520. The number of hydrogen-bond acceptors (Lipinski definition) is 1. The van der Waals surface area contributed by atoms with E-state index in [1.165, 1.54) is 18.3 Å². The smallest absolute Gasteiger partial charge is 0.359 e. The first-order valence-electron chi connectivity index (χ1n) is 4.81. The molecule has 0 aromatic heterocycles. The van der Waals surface area contributed by atoms with Gasteiger partial charge in [0, 0.05) is 17.2 Å². The largest absolute Gasteiger partial charge is 0.497 e. The highest BCUT2D eigenvalue weighted by atomic mass is 127. The molecule has 0 fully saturated rings. The predicted octanol–water partition coefficient (Wildman–Crippen LogP) is -0.196. The van der Waals surface area contributed by atoms with Gasteiger partial charge in [-0.05, 0) is 24.3 Å². The zero-order valence-corrected chi connectivity index (χ0v) is 10.5. The van der Waals surface area contributed by atoms with Crippen molar-refractivity contribution in [1.82, 2.24) is 0 Å². The molecule has 0 unspecified atom stereocenters. The van der Waals surface area contributed by atoms with Crippen LogP contribution in [0.4, 0.5) is 0 Å². The number of hydrogen-bond donors (Lipinski definition) is 0. The Morgan fingerprint density at radius 3 is 2.60 bits per heavy atom. The normalized spacial score (nSPS) is 12.1. The van der Waals surface area contributed by atoms with Gasteiger partial charge in [0.05, 0.1) is 7.11 Å². The Kier molecular flexibility index (Phi) is 2.16. The summed E-state index contributed by atoms with van der Waals surface area (Å²) in [7, 11) is 1.72. The molecule has 0 spiro atoms. The Balaban J connectivity index is 2.18. The van der Waals surface area contributed by atoms with Crippen LogP contribution in [0, 0.1) is 7.14 Å². The molecule has 1 aliphatic rings. The van der Waals surface area contributed by atoms with Gasteiger partial charge in [-0.1, -0.05) is 12.1 Å². The number of rotatable bonds is 1. The lowest BCUT2D eigenvalue weighted by Crippen LogP contribution is -3.61. The molecule has 2 aromatic carbocycles. The van der Waals surface area contributed by atoms with Gasteiger partial charge < -0.3 is 4.74 Å². The van der Waals surface area contributed by atoms with Crippen molar-refractivity contribution in [3.63, 3.8) is 0 Å². The fourth-order valence-corrected chi connectivity index (χ4v) is 4.79. The number of fused-ring (bicyclic) bond motifs is 3. The highest BCUT2D eigenvalue weighted by Crippen LogP contribution is 2.24. The van der Waals surface area contributed by atoms with E-state index in [1.54, 1.807) is 7.11 Å². The SMILES string of the molecule is COc1ccc2c(c1)[I+]c1ccccc1-2. The van der Waals surface area contributed by atoms with Crippen molar-refractivity contribution in [3.8, 4) is 16.9 Å². The van der Waals surface area contributed by atoms with Gasteiger partial charge in [0.2, 0.25) is 7.14 Å². The van der Waals surface area contributed by atoms with Crippen LogP contribution in [0.3, 0.4) is 0 Å². The van der Waals surface area contributed by atoms with Crippen LogP contribution in [0.15, 0.2) is 42.5 Å². The maximum absolute atomic E-state index is 5.26. The highest BCUT2D eigenvalue weighted by molar-refractivity contribution is 5.65. The molecular weight excluding hydrogens is 299 g/mol. The standard InChI is InChI=1S/C13H10IO/c1-15-9-6-7-11-10-4-2-3-5-12(10)14-13(11)8-9/h2-8H,1H3/q+1. The predicted molar refractivity (Wildman–Crippen MR) is 55.8 cm³/mol. The maximum Gasteiger partial charge on any atom is 0.359 e. The third kappa shape index (κ3) is 1.44. The second-order valence-electron chi connectivity index (χ2n) is 3.42. The minimum atomic E-state index is -0.000115. The first-order valence-corrected chi connectivity index (χ1v) is 6.96. The van der Waals surface area contributed by atoms with Gasteiger partial charge in [-0.2, -0.15) is 0 Å². The first kappa shape index (κ1) is 9.21. The van der Waals surface area contributed by atoms with E-state index >= 15 is 0 Å². The molecule has 0 amide bonds. The van der Waals surface area contributed by atoms with E-state index in [2.05, 4.69) is 36.4 Å². The average Bonchev–Trinajstić information content (AvgIpc) is 2.66. The summed E-state index contributed by atoms with van der Waals surface area (Å²) in [5, 5.41) is 0. The summed E-state index contributed by atoms with van der Waals surface area (Å²) in [5.41, 5.74) is 2.82. The van der Waals surface area contributed by atoms with Gasteiger partial charge in [-0.15, -0.1) is 0 Å². The molecule has 2 heteroatoms. The number of ether oxygens (including phenoxy) is 1. The van der Waals surface area contributed by atoms with Gasteiger partial charge in [0.15, 0.2) is 0 Å². The van der Waals surface area contributed by atoms with E-state index in [1.807, 2.05) is 6.07 Å². The van der Waals surface area contributed by atoms with E-state index in [-0.39, 0.29) is 21.2 Å². The lowest BCUT2D eigenvalue weighted by molar-refractivity contribution is -0.589. The molecule has 0 saturated heterocycles. The zero-order chi connectivity index (χ0) is 10.3. The Morgan fingerprint density at radius 2 is 1.73 bits per heavy atom. The molecule has 15 heavy (non-hydrogen) atoms. The molecule has 0 aliphatic carbocycles. The topological polar surface area (TPSA) is 9.23 Å². The molecule has 0 N–H and O–H groups in total. The van der Waals surface area contributed by atoms with Gasteiger partial charge in [-0.3, -0.25) is 0 Å². The van der Waals surface area contributed by atoms with Gasteiger partial charge in [0.1, 0.15) is 5.75 Å². The molecule has 0 bridgehead atoms. The minimum absolute atomic E-state index is 0.000115. The van der Waals surface area contributed by atoms with E-state index in [0.717, 1.165) is 5.75 Å². The average molecular weight is 309 g/mol. The molecule has 2 aromatic rings. The maximum atomic E-state index is 5.26. The minimum Gasteiger partial charge on any atom is -0.497 e. The number of benzene rings is 2. The number of methoxy groups -OCH3 is 1. The van der Waals surface area contributed by atoms with Crippen molar-refractivity contribution in [3.05, 3.63) is 49.6 Å². The van der Waals surface area contributed by atoms with Gasteiger partial charge in [0.25, 0.3) is 0 Å². The van der Waals surface area contributed by atoms with E-state index in [9.17, 15) is 0 Å². The molecule has 1 aliphatic heterocycles. The summed E-state index contributed by atoms with van der Waals surface area (Å²) in [5.74, 6) is 0.973. The highest BCUT2D eigenvalue weighted by Gasteiger charge is 2.32. The quantitative estimate of drug-likeness (QED) is 0.566. The van der Waals surface area contributed by atoms with Crippen molar-refractivity contribution < 1.29 is 25.9 Å². The number of halogens is 1. The lowest BCUT2D eigenvalue weighted by atomic mass is 10.1. The third-order valence-electron chi connectivity index (χ3n) is 2.54. The van der Waals surface area contributed by atoms with Crippen molar-refractivity contribution in [2.45, 2.75) is 0 Å². The van der Waals surface area contributed by atoms with Crippen molar-refractivity contribution in [2.24, 2.45) is 0 Å². The van der Waals surface area contributed by atoms with Crippen LogP contribution in [-0.4, -0.2) is 7.11 Å². The van der Waals surface area contributed by atoms with E-state index < -0.39 is 0 Å². The summed E-state index contributed by atoms with van der Waals surface area (Å²) >= 11 is -0.000115. The Hall–Kier alpha value is -1.03. The summed E-state index contributed by atoms with van der Waals surface area (Å²) in [6, 6.07) is 15.1. The van der Waals surface area contributed by atoms with Crippen molar-refractivity contribution in [2.75, 3.05) is 7.11 Å².